The number of amides is 7. The Morgan fingerprint density at radius 2 is 0.595 bits per heavy atom. The molecule has 700 valence electrons. The van der Waals surface area contributed by atoms with E-state index in [1.165, 1.54) is 0 Å². The van der Waals surface area contributed by atoms with E-state index in [0.29, 0.717) is 64.6 Å². The summed E-state index contributed by atoms with van der Waals surface area (Å²) >= 11 is 0. The summed E-state index contributed by atoms with van der Waals surface area (Å²) in [7, 11) is 1.00. The number of aliphatic hydroxyl groups is 1. The molecule has 0 aliphatic carbocycles. The Kier molecular flexibility index (Phi) is 58.9. The molecule has 1 aromatic rings. The van der Waals surface area contributed by atoms with Crippen LogP contribution in [0.1, 0.15) is 281 Å². The number of urea groups is 3. The molecule has 0 radical (unpaired) electrons. The summed E-state index contributed by atoms with van der Waals surface area (Å²) in [5, 5.41) is 50.5. The standard InChI is InChI=1S/C32H51N3O9.C24H45N3O7.C13H25NO4.C12H21N3O7.CH4O.ClH/c1-30(2,3)42-25(36)19-18-24(27(38)44-32(7,8)9)35-28(39)34-23(26(37)43-31(4,5)6)17-13-14-20-33-29(40)41-21-22-15-11-10-12-16-22;1-22(2,3)32-18(28)14-13-17(20(30)34-24(7,8)9)27-21(31)26-16(12-10-11-15-25)19(29)33-23(4,5)6;1-12(2,3)17-10(15)8-7-9(14)11(16)18-13(4,5)6;13-6-2-1-3-7(10(18)19)14-12(22)15-8(11(20)21)4-5-9(16)17;1-2;/h10-12,15-16,23-24H,13-14,17-21H2,1-9H3,(H,33,40)(H2,34,35,39);16-17H,10-15,25H2,1-9H3,(H2,26,27,31);9H,7-8,14H2,1-6H3;7-8H,1-6,13H2,(H,16,17)(H,18,19)(H,20,21)(H2,14,15,22);2H,1H3;1H/t23-,24-;16-,17-;9-;7-,8-;;/m0000../s1. The van der Waals surface area contributed by atoms with Crippen LogP contribution in [0.15, 0.2) is 30.3 Å². The number of carbonyl (C=O) groups excluding carboxylic acids is 12. The molecule has 121 heavy (non-hydrogen) atoms. The number of aliphatic carboxylic acids is 3. The molecule has 0 unspecified atom stereocenters. The van der Waals surface area contributed by atoms with E-state index in [1.807, 2.05) is 35.6 Å². The molecule has 0 bridgehead atoms. The van der Waals surface area contributed by atoms with Crippen molar-refractivity contribution in [2.45, 2.75) is 369 Å². The van der Waals surface area contributed by atoms with E-state index < -0.39 is 177 Å². The number of halogens is 1. The lowest BCUT2D eigenvalue weighted by atomic mass is 10.1. The second-order valence-corrected chi connectivity index (χ2v) is 35.5. The summed E-state index contributed by atoms with van der Waals surface area (Å²) in [5.41, 5.74) is 11.7. The average molecular weight is 1760 g/mol. The molecular weight excluding hydrogens is 1610 g/mol. The van der Waals surface area contributed by atoms with Crippen LogP contribution in [0.25, 0.3) is 0 Å². The van der Waals surface area contributed by atoms with Crippen molar-refractivity contribution < 1.29 is 135 Å². The highest BCUT2D eigenvalue weighted by Crippen LogP contribution is 2.20. The van der Waals surface area contributed by atoms with Crippen LogP contribution in [0.2, 0.25) is 0 Å². The number of nitrogens with one attached hydrogen (secondary N) is 7. The number of alkyl carbamates (subject to hydrolysis) is 1. The summed E-state index contributed by atoms with van der Waals surface area (Å²) in [5.74, 6) is -8.37. The second-order valence-electron chi connectivity index (χ2n) is 35.5. The first-order valence-electron chi connectivity index (χ1n) is 40.0. The van der Waals surface area contributed by atoms with E-state index >= 15 is 0 Å². The van der Waals surface area contributed by atoms with Gasteiger partial charge in [-0.15, -0.1) is 12.4 Å². The van der Waals surface area contributed by atoms with Gasteiger partial charge in [0.2, 0.25) is 0 Å². The molecule has 0 heterocycles. The first-order valence-corrected chi connectivity index (χ1v) is 40.0. The Morgan fingerprint density at radius 3 is 0.884 bits per heavy atom. The van der Waals surface area contributed by atoms with E-state index in [1.54, 1.807) is 166 Å². The maximum atomic E-state index is 13.0. The van der Waals surface area contributed by atoms with Gasteiger partial charge in [0.25, 0.3) is 0 Å². The minimum Gasteiger partial charge on any atom is -0.481 e. The third-order valence-corrected chi connectivity index (χ3v) is 14.0. The molecular formula is C82H147ClN10O28. The van der Waals surface area contributed by atoms with Gasteiger partial charge in [-0.25, -0.2) is 47.9 Å². The van der Waals surface area contributed by atoms with E-state index in [0.717, 1.165) is 12.7 Å². The monoisotopic (exact) mass is 1760 g/mol. The lowest BCUT2D eigenvalue weighted by Gasteiger charge is -2.27. The minimum absolute atomic E-state index is 0. The summed E-state index contributed by atoms with van der Waals surface area (Å²) in [6, 6.07) is -0.854. The number of aliphatic hydroxyl groups excluding tert-OH is 1. The molecule has 39 heteroatoms. The van der Waals surface area contributed by atoms with Gasteiger partial charge in [0.1, 0.15) is 93.7 Å². The van der Waals surface area contributed by atoms with Crippen molar-refractivity contribution in [1.82, 2.24) is 37.2 Å². The minimum atomic E-state index is -1.41. The van der Waals surface area contributed by atoms with Crippen molar-refractivity contribution in [3.05, 3.63) is 35.9 Å². The highest BCUT2D eigenvalue weighted by Gasteiger charge is 2.35. The number of hydrogen-bond donors (Lipinski definition) is 14. The molecule has 0 aromatic heterocycles. The molecule has 0 aliphatic heterocycles. The van der Waals surface area contributed by atoms with Crippen molar-refractivity contribution in [2.24, 2.45) is 17.2 Å². The second kappa shape index (κ2) is 59.4. The molecule has 0 saturated carbocycles. The molecule has 7 amide bonds. The fraction of sp³-hybridized carbons (Fsp3) is 0.744. The van der Waals surface area contributed by atoms with Gasteiger partial charge in [-0.05, 0) is 268 Å². The summed E-state index contributed by atoms with van der Waals surface area (Å²) in [6.07, 6.45) is 2.73. The molecule has 38 nitrogen and oxygen atoms in total. The molecule has 17 N–H and O–H groups in total. The Bertz CT molecular complexity index is 3310. The number of unbranched alkanes of at least 4 members (excludes halogenated alkanes) is 3. The topological polar surface area (TPSA) is 582 Å². The Balaban J connectivity index is -0.000000517. The van der Waals surface area contributed by atoms with Crippen LogP contribution in [0, 0.1) is 0 Å². The Morgan fingerprint density at radius 1 is 0.339 bits per heavy atom. The first kappa shape index (κ1) is 120. The van der Waals surface area contributed by atoms with Crippen LogP contribution < -0.4 is 54.4 Å². The van der Waals surface area contributed by atoms with Crippen molar-refractivity contribution in [3.8, 4) is 0 Å². The van der Waals surface area contributed by atoms with Crippen molar-refractivity contribution in [1.29, 1.82) is 0 Å². The molecule has 1 rings (SSSR count). The van der Waals surface area contributed by atoms with E-state index in [4.69, 9.17) is 80.3 Å². The number of carbonyl (C=O) groups is 15. The Labute approximate surface area is 720 Å². The maximum absolute atomic E-state index is 13.0. The van der Waals surface area contributed by atoms with E-state index in [9.17, 15) is 71.9 Å². The van der Waals surface area contributed by atoms with Crippen molar-refractivity contribution >= 4 is 102 Å². The van der Waals surface area contributed by atoms with Crippen LogP contribution in [0.5, 0.6) is 0 Å². The van der Waals surface area contributed by atoms with Gasteiger partial charge >= 0.3 is 89.8 Å². The average Bonchev–Trinajstić information content (AvgIpc) is 0.870. The van der Waals surface area contributed by atoms with Gasteiger partial charge in [0.15, 0.2) is 0 Å². The lowest BCUT2D eigenvalue weighted by Crippen LogP contribution is -2.53. The van der Waals surface area contributed by atoms with Gasteiger partial charge < -0.3 is 117 Å². The van der Waals surface area contributed by atoms with Crippen molar-refractivity contribution in [3.63, 3.8) is 0 Å². The van der Waals surface area contributed by atoms with Gasteiger partial charge in [-0.3, -0.25) is 24.0 Å². The largest absolute Gasteiger partial charge is 0.481 e. The SMILES string of the molecule is CC(C)(C)OC(=O)CC[C@H](N)C(=O)OC(C)(C)C.CC(C)(C)OC(=O)CC[C@H](NC(=O)N[C@@H](CCCCN)C(=O)OC(C)(C)C)C(=O)OC(C)(C)C.CC(C)(C)OC(=O)CC[C@H](NC(=O)N[C@@H](CCCCNC(=O)OCc1ccccc1)C(=O)OC(C)(C)C)C(=O)OC(C)(C)C.CO.Cl.NCCCC[C@H](NC(=O)N[C@@H](CCC(=O)O)C(=O)O)C(=O)O. The van der Waals surface area contributed by atoms with Gasteiger partial charge in [0.05, 0.1) is 0 Å². The maximum Gasteiger partial charge on any atom is 0.407 e. The normalized spacial score (nSPS) is 13.2. The van der Waals surface area contributed by atoms with Crippen molar-refractivity contribution in [2.75, 3.05) is 26.7 Å². The zero-order chi connectivity index (χ0) is 94.0. The lowest BCUT2D eigenvalue weighted by molar-refractivity contribution is -0.160. The first-order chi connectivity index (χ1) is 54.7. The molecule has 0 spiro atoms. The quantitative estimate of drug-likeness (QED) is 0.0166. The van der Waals surface area contributed by atoms with Gasteiger partial charge in [-0.1, -0.05) is 30.3 Å². The smallest absolute Gasteiger partial charge is 0.407 e. The summed E-state index contributed by atoms with van der Waals surface area (Å²) < 4.78 is 47.8. The van der Waals surface area contributed by atoms with Crippen LogP contribution in [-0.4, -0.2) is 224 Å². The van der Waals surface area contributed by atoms with Crippen LogP contribution in [0.3, 0.4) is 0 Å². The van der Waals surface area contributed by atoms with Crippen LogP contribution in [-0.2, 0) is 102 Å². The number of rotatable bonds is 40. The molecule has 0 fully saturated rings. The number of hydrogen-bond acceptors (Lipinski definition) is 28. The zero-order valence-electron chi connectivity index (χ0n) is 76.0. The van der Waals surface area contributed by atoms with E-state index in [-0.39, 0.29) is 82.8 Å². The predicted octanol–water partition coefficient (Wildman–Crippen LogP) is 8.88. The summed E-state index contributed by atoms with van der Waals surface area (Å²) in [4.78, 5) is 180. The predicted molar refractivity (Wildman–Crippen MR) is 452 cm³/mol. The fourth-order valence-corrected chi connectivity index (χ4v) is 9.24. The Hall–Kier alpha value is -9.40. The third kappa shape index (κ3) is 73.1. The van der Waals surface area contributed by atoms with E-state index in [2.05, 4.69) is 31.9 Å². The zero-order valence-corrected chi connectivity index (χ0v) is 76.8. The van der Waals surface area contributed by atoms with Gasteiger partial charge in [-0.2, -0.15) is 0 Å². The molecule has 1 aromatic carbocycles. The van der Waals surface area contributed by atoms with Crippen LogP contribution >= 0.6 is 12.4 Å². The molecule has 0 aliphatic rings. The number of carboxylic acid groups (broad SMARTS) is 3. The number of esters is 8. The molecule has 0 saturated heterocycles. The summed E-state index contributed by atoms with van der Waals surface area (Å²) in [6.45, 7) is 42.9. The highest BCUT2D eigenvalue weighted by atomic mass is 35.5. The fourth-order valence-electron chi connectivity index (χ4n) is 9.24. The highest BCUT2D eigenvalue weighted by molar-refractivity contribution is 5.90. The number of carboxylic acids is 3. The molecule has 7 atom stereocenters. The van der Waals surface area contributed by atoms with Crippen LogP contribution in [0.4, 0.5) is 19.2 Å². The third-order valence-electron chi connectivity index (χ3n) is 14.0. The number of ether oxygens (including phenoxy) is 9. The van der Waals surface area contributed by atoms with Gasteiger partial charge in [0, 0.05) is 39.3 Å². The number of nitrogens with two attached hydrogens (primary N) is 3. The number of benzene rings is 1.